The van der Waals surface area contributed by atoms with Crippen LogP contribution < -0.4 is 10.2 Å². The SMILES string of the molecule is CCC(C)NC(=O)c1ccc(N2CCc3ccccc3C2)cn1. The Bertz CT molecular complexity index is 681. The van der Waals surface area contributed by atoms with Crippen molar-refractivity contribution >= 4 is 11.6 Å². The lowest BCUT2D eigenvalue weighted by Crippen LogP contribution is -2.33. The molecule has 1 amide bonds. The molecule has 0 aliphatic carbocycles. The molecule has 3 rings (SSSR count). The van der Waals surface area contributed by atoms with E-state index in [0.29, 0.717) is 5.69 Å². The van der Waals surface area contributed by atoms with Crippen LogP contribution in [0.1, 0.15) is 41.9 Å². The summed E-state index contributed by atoms with van der Waals surface area (Å²) in [7, 11) is 0. The van der Waals surface area contributed by atoms with Gasteiger partial charge in [0.1, 0.15) is 5.69 Å². The van der Waals surface area contributed by atoms with E-state index < -0.39 is 0 Å². The highest BCUT2D eigenvalue weighted by Crippen LogP contribution is 2.23. The van der Waals surface area contributed by atoms with Gasteiger partial charge in [0.15, 0.2) is 0 Å². The maximum Gasteiger partial charge on any atom is 0.270 e. The maximum absolute atomic E-state index is 12.1. The van der Waals surface area contributed by atoms with Gasteiger partial charge in [0.05, 0.1) is 11.9 Å². The minimum absolute atomic E-state index is 0.102. The molecule has 23 heavy (non-hydrogen) atoms. The number of amides is 1. The molecule has 1 N–H and O–H groups in total. The quantitative estimate of drug-likeness (QED) is 0.943. The third kappa shape index (κ3) is 3.52. The van der Waals surface area contributed by atoms with Crippen molar-refractivity contribution in [1.82, 2.24) is 10.3 Å². The first-order valence-electron chi connectivity index (χ1n) is 8.26. The van der Waals surface area contributed by atoms with Gasteiger partial charge in [0.25, 0.3) is 5.91 Å². The number of aromatic nitrogens is 1. The van der Waals surface area contributed by atoms with E-state index in [0.717, 1.165) is 31.6 Å². The van der Waals surface area contributed by atoms with Gasteiger partial charge in [-0.25, -0.2) is 4.98 Å². The summed E-state index contributed by atoms with van der Waals surface area (Å²) in [6, 6.07) is 12.5. The van der Waals surface area contributed by atoms with Gasteiger partial charge in [-0.1, -0.05) is 31.2 Å². The smallest absolute Gasteiger partial charge is 0.270 e. The second kappa shape index (κ2) is 6.82. The molecule has 0 spiro atoms. The molecule has 2 aromatic rings. The van der Waals surface area contributed by atoms with Crippen molar-refractivity contribution in [3.63, 3.8) is 0 Å². The van der Waals surface area contributed by atoms with E-state index in [1.54, 1.807) is 6.20 Å². The van der Waals surface area contributed by atoms with Gasteiger partial charge in [-0.3, -0.25) is 4.79 Å². The van der Waals surface area contributed by atoms with Gasteiger partial charge < -0.3 is 10.2 Å². The molecule has 0 bridgehead atoms. The van der Waals surface area contributed by atoms with E-state index in [1.165, 1.54) is 11.1 Å². The number of fused-ring (bicyclic) bond motifs is 1. The van der Waals surface area contributed by atoms with E-state index >= 15 is 0 Å². The van der Waals surface area contributed by atoms with Crippen molar-refractivity contribution in [1.29, 1.82) is 0 Å². The molecule has 0 saturated carbocycles. The molecular weight excluding hydrogens is 286 g/mol. The Labute approximate surface area is 137 Å². The Balaban J connectivity index is 1.70. The van der Waals surface area contributed by atoms with Crippen molar-refractivity contribution in [2.24, 2.45) is 0 Å². The standard InChI is InChI=1S/C19H23N3O/c1-3-14(2)21-19(23)18-9-8-17(12-20-18)22-11-10-15-6-4-5-7-16(15)13-22/h4-9,12,14H,3,10-11,13H2,1-2H3,(H,21,23). The van der Waals surface area contributed by atoms with Crippen LogP contribution in [0.5, 0.6) is 0 Å². The van der Waals surface area contributed by atoms with Crippen LogP contribution in [0.3, 0.4) is 0 Å². The number of carbonyl (C=O) groups is 1. The zero-order valence-corrected chi connectivity index (χ0v) is 13.7. The molecule has 1 atom stereocenters. The van der Waals surface area contributed by atoms with Gasteiger partial charge in [0.2, 0.25) is 0 Å². The number of rotatable bonds is 4. The Morgan fingerprint density at radius 1 is 1.26 bits per heavy atom. The molecule has 1 unspecified atom stereocenters. The third-order valence-electron chi connectivity index (χ3n) is 4.47. The van der Waals surface area contributed by atoms with Crippen molar-refractivity contribution in [2.75, 3.05) is 11.4 Å². The van der Waals surface area contributed by atoms with Gasteiger partial charge in [0, 0.05) is 19.1 Å². The van der Waals surface area contributed by atoms with Crippen LogP contribution in [0.4, 0.5) is 5.69 Å². The first-order valence-corrected chi connectivity index (χ1v) is 8.26. The fraction of sp³-hybridized carbons (Fsp3) is 0.368. The molecule has 120 valence electrons. The lowest BCUT2D eigenvalue weighted by atomic mass is 10.00. The normalized spacial score (nSPS) is 15.0. The summed E-state index contributed by atoms with van der Waals surface area (Å²) in [5, 5.41) is 2.94. The van der Waals surface area contributed by atoms with E-state index in [4.69, 9.17) is 0 Å². The summed E-state index contributed by atoms with van der Waals surface area (Å²) in [6.07, 6.45) is 3.77. The molecule has 1 aliphatic rings. The number of hydrogen-bond acceptors (Lipinski definition) is 3. The molecule has 4 heteroatoms. The Kier molecular flexibility index (Phi) is 4.60. The second-order valence-electron chi connectivity index (χ2n) is 6.12. The summed E-state index contributed by atoms with van der Waals surface area (Å²) in [4.78, 5) is 18.7. The Hall–Kier alpha value is -2.36. The molecule has 0 radical (unpaired) electrons. The highest BCUT2D eigenvalue weighted by Gasteiger charge is 2.17. The van der Waals surface area contributed by atoms with E-state index in [9.17, 15) is 4.79 Å². The predicted octanol–water partition coefficient (Wildman–Crippen LogP) is 3.17. The summed E-state index contributed by atoms with van der Waals surface area (Å²) in [6.45, 7) is 5.93. The minimum atomic E-state index is -0.102. The molecular formula is C19H23N3O. The topological polar surface area (TPSA) is 45.2 Å². The number of anilines is 1. The van der Waals surface area contributed by atoms with Crippen LogP contribution in [0.15, 0.2) is 42.6 Å². The molecule has 1 aliphatic heterocycles. The molecule has 1 aromatic carbocycles. The average Bonchev–Trinajstić information content (AvgIpc) is 2.61. The average molecular weight is 309 g/mol. The Morgan fingerprint density at radius 2 is 2.04 bits per heavy atom. The summed E-state index contributed by atoms with van der Waals surface area (Å²) < 4.78 is 0. The van der Waals surface area contributed by atoms with Crippen LogP contribution in [0, 0.1) is 0 Å². The molecule has 2 heterocycles. The molecule has 1 aromatic heterocycles. The van der Waals surface area contributed by atoms with Gasteiger partial charge in [-0.2, -0.15) is 0 Å². The van der Waals surface area contributed by atoms with Gasteiger partial charge >= 0.3 is 0 Å². The lowest BCUT2D eigenvalue weighted by Gasteiger charge is -2.30. The number of pyridine rings is 1. The second-order valence-corrected chi connectivity index (χ2v) is 6.12. The minimum Gasteiger partial charge on any atom is -0.366 e. The summed E-state index contributed by atoms with van der Waals surface area (Å²) in [5.74, 6) is -0.102. The van der Waals surface area contributed by atoms with Crippen molar-refractivity contribution in [3.8, 4) is 0 Å². The first kappa shape index (κ1) is 15.5. The lowest BCUT2D eigenvalue weighted by molar-refractivity contribution is 0.0934. The molecule has 0 fully saturated rings. The van der Waals surface area contributed by atoms with Crippen LogP contribution in [0.25, 0.3) is 0 Å². The summed E-state index contributed by atoms with van der Waals surface area (Å²) >= 11 is 0. The van der Waals surface area contributed by atoms with E-state index in [-0.39, 0.29) is 11.9 Å². The van der Waals surface area contributed by atoms with Crippen molar-refractivity contribution in [3.05, 3.63) is 59.4 Å². The van der Waals surface area contributed by atoms with Crippen LogP contribution >= 0.6 is 0 Å². The first-order chi connectivity index (χ1) is 11.2. The summed E-state index contributed by atoms with van der Waals surface area (Å²) in [5.41, 5.74) is 4.35. The number of nitrogens with zero attached hydrogens (tertiary/aromatic N) is 2. The number of hydrogen-bond donors (Lipinski definition) is 1. The fourth-order valence-corrected chi connectivity index (χ4v) is 2.82. The molecule has 4 nitrogen and oxygen atoms in total. The van der Waals surface area contributed by atoms with Gasteiger partial charge in [-0.15, -0.1) is 0 Å². The van der Waals surface area contributed by atoms with Crippen molar-refractivity contribution < 1.29 is 4.79 Å². The van der Waals surface area contributed by atoms with Crippen molar-refractivity contribution in [2.45, 2.75) is 39.3 Å². The van der Waals surface area contributed by atoms with E-state index in [1.807, 2.05) is 19.1 Å². The Morgan fingerprint density at radius 3 is 2.74 bits per heavy atom. The zero-order valence-electron chi connectivity index (χ0n) is 13.7. The molecule has 0 saturated heterocycles. The number of benzene rings is 1. The highest BCUT2D eigenvalue weighted by atomic mass is 16.1. The van der Waals surface area contributed by atoms with Gasteiger partial charge in [-0.05, 0) is 43.0 Å². The third-order valence-corrected chi connectivity index (χ3v) is 4.47. The van der Waals surface area contributed by atoms with Crippen LogP contribution in [-0.2, 0) is 13.0 Å². The fourth-order valence-electron chi connectivity index (χ4n) is 2.82. The van der Waals surface area contributed by atoms with E-state index in [2.05, 4.69) is 46.4 Å². The largest absolute Gasteiger partial charge is 0.366 e. The number of nitrogens with one attached hydrogen (secondary N) is 1. The monoisotopic (exact) mass is 309 g/mol. The predicted molar refractivity (Wildman–Crippen MR) is 92.7 cm³/mol. The highest BCUT2D eigenvalue weighted by molar-refractivity contribution is 5.92. The zero-order chi connectivity index (χ0) is 16.2. The maximum atomic E-state index is 12.1. The van der Waals surface area contributed by atoms with Crippen LogP contribution in [0.2, 0.25) is 0 Å². The van der Waals surface area contributed by atoms with Crippen LogP contribution in [-0.4, -0.2) is 23.5 Å². The number of carbonyl (C=O) groups excluding carboxylic acids is 1.